The van der Waals surface area contributed by atoms with Gasteiger partial charge >= 0.3 is 0 Å². The minimum Gasteiger partial charge on any atom is -0.395 e. The van der Waals surface area contributed by atoms with Crippen LogP contribution in [-0.2, 0) is 16.6 Å². The van der Waals surface area contributed by atoms with Gasteiger partial charge in [-0.2, -0.15) is 17.5 Å². The molecular weight excluding hydrogens is 504 g/mol. The van der Waals surface area contributed by atoms with Gasteiger partial charge in [0.25, 0.3) is 10.2 Å². The smallest absolute Gasteiger partial charge is 0.299 e. The number of rotatable bonds is 7. The largest absolute Gasteiger partial charge is 0.395 e. The van der Waals surface area contributed by atoms with Crippen molar-refractivity contribution in [1.82, 2.24) is 9.10 Å². The highest BCUT2D eigenvalue weighted by atomic mass is 127. The number of aliphatic hydroxyl groups is 1. The molecule has 3 aromatic rings. The summed E-state index contributed by atoms with van der Waals surface area (Å²) in [4.78, 5) is 0. The Kier molecular flexibility index (Phi) is 6.31. The first kappa shape index (κ1) is 20.4. The molecule has 0 aliphatic carbocycles. The Bertz CT molecular complexity index is 1090. The maximum atomic E-state index is 14.4. The van der Waals surface area contributed by atoms with E-state index in [4.69, 9.17) is 5.11 Å². The van der Waals surface area contributed by atoms with Gasteiger partial charge in [0.15, 0.2) is 0 Å². The second-order valence-electron chi connectivity index (χ2n) is 5.93. The highest BCUT2D eigenvalue weighted by molar-refractivity contribution is 14.1. The maximum Gasteiger partial charge on any atom is 0.299 e. The summed E-state index contributed by atoms with van der Waals surface area (Å²) in [6.45, 7) is 1.38. The van der Waals surface area contributed by atoms with E-state index in [0.717, 1.165) is 13.7 Å². The van der Waals surface area contributed by atoms with Gasteiger partial charge in [-0.15, -0.1) is 0 Å². The van der Waals surface area contributed by atoms with Crippen LogP contribution in [0, 0.1) is 16.3 Å². The number of aromatic nitrogens is 1. The summed E-state index contributed by atoms with van der Waals surface area (Å²) >= 11 is 3.28. The number of aliphatic hydroxyl groups excluding tert-OH is 1. The summed E-state index contributed by atoms with van der Waals surface area (Å²) in [5.74, 6) is -0.340. The number of nitrogens with zero attached hydrogens (tertiary/aromatic N) is 1. The molecule has 27 heavy (non-hydrogen) atoms. The van der Waals surface area contributed by atoms with Gasteiger partial charge in [0.2, 0.25) is 0 Å². The second kappa shape index (κ2) is 8.35. The van der Waals surface area contributed by atoms with E-state index in [1.807, 2.05) is 34.7 Å². The van der Waals surface area contributed by atoms with Crippen LogP contribution in [0.4, 0.5) is 10.1 Å². The minimum absolute atomic E-state index is 0.0989. The van der Waals surface area contributed by atoms with E-state index < -0.39 is 10.2 Å². The minimum atomic E-state index is -3.87. The summed E-state index contributed by atoms with van der Waals surface area (Å²) in [6.07, 6.45) is 1.93. The number of hydrogen-bond acceptors (Lipinski definition) is 5. The van der Waals surface area contributed by atoms with Crippen LogP contribution in [0.2, 0.25) is 0 Å². The quantitative estimate of drug-likeness (QED) is 0.417. The van der Waals surface area contributed by atoms with E-state index in [-0.39, 0.29) is 25.4 Å². The van der Waals surface area contributed by atoms with Crippen LogP contribution in [0.5, 0.6) is 0 Å². The van der Waals surface area contributed by atoms with E-state index in [0.29, 0.717) is 22.4 Å². The molecule has 3 N–H and O–H groups in total. The Morgan fingerprint density at radius 2 is 2.11 bits per heavy atom. The number of aryl methyl sites for hydroxylation is 1. The Morgan fingerprint density at radius 1 is 1.33 bits per heavy atom. The van der Waals surface area contributed by atoms with Crippen LogP contribution in [0.15, 0.2) is 30.5 Å². The Morgan fingerprint density at radius 3 is 2.81 bits per heavy atom. The van der Waals surface area contributed by atoms with Crippen LogP contribution in [0.3, 0.4) is 0 Å². The molecule has 1 heterocycles. The standard InChI is InChI=1S/C17H17FIN3O3S2/c1-10-6-12-9-20-26-17(12)14(7-11-2-3-13(19)8-15(11)18)16(10)22-27(24,25)21-4-5-23/h2-3,6,8-9,21-23H,4-5,7H2,1H3. The van der Waals surface area contributed by atoms with Gasteiger partial charge in [0, 0.05) is 33.7 Å². The molecule has 0 saturated carbocycles. The molecule has 3 rings (SSSR count). The molecule has 0 aliphatic rings. The SMILES string of the molecule is Cc1cc2cnsc2c(Cc2ccc(I)cc2F)c1NS(=O)(=O)NCCO. The van der Waals surface area contributed by atoms with E-state index >= 15 is 0 Å². The van der Waals surface area contributed by atoms with Gasteiger partial charge in [0.05, 0.1) is 17.0 Å². The summed E-state index contributed by atoms with van der Waals surface area (Å²) in [7, 11) is -3.87. The van der Waals surface area contributed by atoms with Crippen molar-refractivity contribution in [3.63, 3.8) is 0 Å². The summed E-state index contributed by atoms with van der Waals surface area (Å²) in [5, 5.41) is 9.74. The van der Waals surface area contributed by atoms with E-state index in [1.54, 1.807) is 19.2 Å². The molecule has 0 radical (unpaired) electrons. The second-order valence-corrected chi connectivity index (χ2v) is 9.47. The monoisotopic (exact) mass is 521 g/mol. The first-order valence-electron chi connectivity index (χ1n) is 8.00. The van der Waals surface area contributed by atoms with Gasteiger partial charge in [-0.3, -0.25) is 4.72 Å². The lowest BCUT2D eigenvalue weighted by molar-refractivity contribution is 0.301. The van der Waals surface area contributed by atoms with Crippen molar-refractivity contribution in [1.29, 1.82) is 0 Å². The Balaban J connectivity index is 2.10. The zero-order valence-electron chi connectivity index (χ0n) is 14.3. The molecule has 0 atom stereocenters. The lowest BCUT2D eigenvalue weighted by atomic mass is 9.99. The fourth-order valence-electron chi connectivity index (χ4n) is 2.75. The van der Waals surface area contributed by atoms with Crippen molar-refractivity contribution in [3.8, 4) is 0 Å². The third-order valence-corrected chi connectivity index (χ3v) is 6.57. The fraction of sp³-hybridized carbons (Fsp3) is 0.235. The summed E-state index contributed by atoms with van der Waals surface area (Å²) in [6, 6.07) is 6.80. The number of anilines is 1. The van der Waals surface area contributed by atoms with Gasteiger partial charge < -0.3 is 5.11 Å². The molecule has 0 spiro atoms. The molecule has 0 amide bonds. The lowest BCUT2D eigenvalue weighted by Crippen LogP contribution is -2.32. The molecule has 0 aliphatic heterocycles. The predicted octanol–water partition coefficient (Wildman–Crippen LogP) is 3.18. The lowest BCUT2D eigenvalue weighted by Gasteiger charge is -2.17. The fourth-order valence-corrected chi connectivity index (χ4v) is 4.96. The highest BCUT2D eigenvalue weighted by Gasteiger charge is 2.19. The Hall–Kier alpha value is -1.34. The van der Waals surface area contributed by atoms with Gasteiger partial charge in [-0.25, -0.2) is 4.39 Å². The molecular formula is C17H17FIN3O3S2. The molecule has 0 unspecified atom stereocenters. The maximum absolute atomic E-state index is 14.4. The van der Waals surface area contributed by atoms with E-state index in [2.05, 4.69) is 13.8 Å². The zero-order chi connectivity index (χ0) is 19.6. The molecule has 2 aromatic carbocycles. The van der Waals surface area contributed by atoms with Crippen LogP contribution in [0.1, 0.15) is 16.7 Å². The van der Waals surface area contributed by atoms with Crippen molar-refractivity contribution in [2.24, 2.45) is 0 Å². The molecule has 10 heteroatoms. The number of fused-ring (bicyclic) bond motifs is 1. The molecule has 6 nitrogen and oxygen atoms in total. The van der Waals surface area contributed by atoms with Crippen LogP contribution in [-0.4, -0.2) is 31.0 Å². The molecule has 144 valence electrons. The third-order valence-electron chi connectivity index (χ3n) is 3.96. The number of nitrogens with one attached hydrogen (secondary N) is 2. The number of halogens is 2. The van der Waals surface area contributed by atoms with Gasteiger partial charge in [-0.1, -0.05) is 6.07 Å². The number of hydrogen-bond donors (Lipinski definition) is 3. The highest BCUT2D eigenvalue weighted by Crippen LogP contribution is 2.35. The third kappa shape index (κ3) is 4.74. The van der Waals surface area contributed by atoms with Crippen molar-refractivity contribution >= 4 is 60.1 Å². The van der Waals surface area contributed by atoms with Crippen molar-refractivity contribution < 1.29 is 17.9 Å². The van der Waals surface area contributed by atoms with Crippen LogP contribution >= 0.6 is 34.1 Å². The summed E-state index contributed by atoms with van der Waals surface area (Å²) < 4.78 is 49.5. The van der Waals surface area contributed by atoms with Crippen molar-refractivity contribution in [3.05, 3.63) is 56.5 Å². The number of benzene rings is 2. The molecule has 0 fully saturated rings. The van der Waals surface area contributed by atoms with Gasteiger partial charge in [-0.05, 0) is 70.4 Å². The van der Waals surface area contributed by atoms with E-state index in [1.165, 1.54) is 17.6 Å². The molecule has 0 saturated heterocycles. The van der Waals surface area contributed by atoms with Crippen LogP contribution in [0.25, 0.3) is 10.1 Å². The predicted molar refractivity (Wildman–Crippen MR) is 114 cm³/mol. The summed E-state index contributed by atoms with van der Waals surface area (Å²) in [5.41, 5.74) is 2.24. The van der Waals surface area contributed by atoms with Crippen molar-refractivity contribution in [2.45, 2.75) is 13.3 Å². The van der Waals surface area contributed by atoms with Crippen LogP contribution < -0.4 is 9.44 Å². The first-order valence-corrected chi connectivity index (χ1v) is 11.3. The first-order chi connectivity index (χ1) is 12.8. The van der Waals surface area contributed by atoms with E-state index in [9.17, 15) is 12.8 Å². The average Bonchev–Trinajstić information content (AvgIpc) is 3.06. The van der Waals surface area contributed by atoms with Crippen molar-refractivity contribution in [2.75, 3.05) is 17.9 Å². The molecule has 0 bridgehead atoms. The zero-order valence-corrected chi connectivity index (χ0v) is 18.1. The average molecular weight is 521 g/mol. The Labute approximate surface area is 174 Å². The van der Waals surface area contributed by atoms with Gasteiger partial charge in [0.1, 0.15) is 5.82 Å². The molecule has 1 aromatic heterocycles. The topological polar surface area (TPSA) is 91.3 Å². The normalized spacial score (nSPS) is 11.9.